The summed E-state index contributed by atoms with van der Waals surface area (Å²) in [6.45, 7) is 6.91. The minimum atomic E-state index is 0. The molecule has 0 aliphatic carbocycles. The number of likely N-dealkylation sites (tertiary alicyclic amines) is 1. The van der Waals surface area contributed by atoms with Crippen LogP contribution in [-0.4, -0.2) is 39.6 Å². The predicted octanol–water partition coefficient (Wildman–Crippen LogP) is 2.30. The van der Waals surface area contributed by atoms with E-state index in [4.69, 9.17) is 5.73 Å². The molecule has 5 nitrogen and oxygen atoms in total. The number of nitrogens with zero attached hydrogens (tertiary/aromatic N) is 2. The average Bonchev–Trinajstić information content (AvgIpc) is 2.87. The zero-order valence-corrected chi connectivity index (χ0v) is 13.2. The van der Waals surface area contributed by atoms with Gasteiger partial charge in [0.25, 0.3) is 5.91 Å². The molecule has 6 heteroatoms. The summed E-state index contributed by atoms with van der Waals surface area (Å²) < 4.78 is 0. The van der Waals surface area contributed by atoms with Gasteiger partial charge in [0.2, 0.25) is 0 Å². The first-order valence-corrected chi connectivity index (χ1v) is 7.12. The Hall–Kier alpha value is -1.07. The van der Waals surface area contributed by atoms with Crippen LogP contribution >= 0.6 is 12.4 Å². The summed E-state index contributed by atoms with van der Waals surface area (Å²) in [7, 11) is 0. The first-order valence-electron chi connectivity index (χ1n) is 7.12. The lowest BCUT2D eigenvalue weighted by Crippen LogP contribution is -2.51. The third-order valence-corrected chi connectivity index (χ3v) is 3.86. The molecular formula is C14H25ClN4O. The van der Waals surface area contributed by atoms with Crippen molar-refractivity contribution in [2.24, 2.45) is 5.73 Å². The van der Waals surface area contributed by atoms with Crippen LogP contribution in [0.15, 0.2) is 6.07 Å². The van der Waals surface area contributed by atoms with Crippen molar-refractivity contribution in [2.45, 2.75) is 58.0 Å². The molecule has 3 N–H and O–H groups in total. The monoisotopic (exact) mass is 300 g/mol. The van der Waals surface area contributed by atoms with Gasteiger partial charge in [-0.15, -0.1) is 12.4 Å². The van der Waals surface area contributed by atoms with Crippen LogP contribution < -0.4 is 5.73 Å². The van der Waals surface area contributed by atoms with Crippen LogP contribution in [0, 0.1) is 0 Å². The Balaban J connectivity index is 0.00000200. The number of carbonyl (C=O) groups excluding carboxylic acids is 1. The molecule has 1 amide bonds. The summed E-state index contributed by atoms with van der Waals surface area (Å²) in [6.07, 6.45) is 3.19. The van der Waals surface area contributed by atoms with Crippen molar-refractivity contribution < 1.29 is 4.79 Å². The molecular weight excluding hydrogens is 276 g/mol. The molecule has 0 radical (unpaired) electrons. The molecule has 2 atom stereocenters. The summed E-state index contributed by atoms with van der Waals surface area (Å²) in [5, 5.41) is 7.09. The van der Waals surface area contributed by atoms with E-state index in [9.17, 15) is 4.79 Å². The van der Waals surface area contributed by atoms with Crippen molar-refractivity contribution in [1.82, 2.24) is 15.1 Å². The fourth-order valence-corrected chi connectivity index (χ4v) is 2.65. The van der Waals surface area contributed by atoms with Gasteiger partial charge in [0.1, 0.15) is 5.69 Å². The number of H-pyrrole nitrogens is 1. The average molecular weight is 301 g/mol. The highest BCUT2D eigenvalue weighted by Gasteiger charge is 2.30. The Morgan fingerprint density at radius 1 is 1.45 bits per heavy atom. The SMILES string of the molecule is CC(C)c1cc(C(=O)N2CCCCC2C(C)N)n[nH]1.Cl. The standard InChI is InChI=1S/C14H24N4O.ClH/c1-9(2)11-8-12(17-16-11)14(19)18-7-5-4-6-13(18)10(3)15;/h8-10,13H,4-7,15H2,1-3H3,(H,16,17);1H. The maximum atomic E-state index is 12.5. The molecule has 1 aliphatic heterocycles. The molecule has 0 aromatic carbocycles. The van der Waals surface area contributed by atoms with E-state index in [1.165, 1.54) is 0 Å². The molecule has 1 saturated heterocycles. The molecule has 0 saturated carbocycles. The van der Waals surface area contributed by atoms with Crippen LogP contribution in [-0.2, 0) is 0 Å². The molecule has 1 aromatic rings. The van der Waals surface area contributed by atoms with Gasteiger partial charge in [0, 0.05) is 24.3 Å². The second-order valence-corrected chi connectivity index (χ2v) is 5.78. The summed E-state index contributed by atoms with van der Waals surface area (Å²) >= 11 is 0. The summed E-state index contributed by atoms with van der Waals surface area (Å²) in [5.41, 5.74) is 7.51. The van der Waals surface area contributed by atoms with Gasteiger partial charge >= 0.3 is 0 Å². The maximum absolute atomic E-state index is 12.5. The van der Waals surface area contributed by atoms with E-state index in [1.807, 2.05) is 17.9 Å². The van der Waals surface area contributed by atoms with Crippen molar-refractivity contribution in [1.29, 1.82) is 0 Å². The molecule has 2 rings (SSSR count). The van der Waals surface area contributed by atoms with E-state index in [0.717, 1.165) is 31.5 Å². The van der Waals surface area contributed by atoms with Gasteiger partial charge in [-0.05, 0) is 38.2 Å². The second-order valence-electron chi connectivity index (χ2n) is 5.78. The van der Waals surface area contributed by atoms with Crippen molar-refractivity contribution in [3.05, 3.63) is 17.5 Å². The van der Waals surface area contributed by atoms with Gasteiger partial charge in [-0.25, -0.2) is 0 Å². The number of amides is 1. The van der Waals surface area contributed by atoms with E-state index in [1.54, 1.807) is 0 Å². The number of hydrogen-bond acceptors (Lipinski definition) is 3. The normalized spacial score (nSPS) is 20.6. The third kappa shape index (κ3) is 3.52. The highest BCUT2D eigenvalue weighted by molar-refractivity contribution is 5.92. The number of nitrogens with two attached hydrogens (primary N) is 1. The minimum absolute atomic E-state index is 0. The Labute approximate surface area is 126 Å². The first-order chi connectivity index (χ1) is 9.00. The van der Waals surface area contributed by atoms with Gasteiger partial charge in [0.15, 0.2) is 0 Å². The summed E-state index contributed by atoms with van der Waals surface area (Å²) in [5.74, 6) is 0.352. The van der Waals surface area contributed by atoms with E-state index >= 15 is 0 Å². The molecule has 1 aromatic heterocycles. The number of piperidine rings is 1. The van der Waals surface area contributed by atoms with Crippen LogP contribution in [0.25, 0.3) is 0 Å². The fourth-order valence-electron chi connectivity index (χ4n) is 2.65. The molecule has 0 bridgehead atoms. The molecule has 114 valence electrons. The van der Waals surface area contributed by atoms with Crippen molar-refractivity contribution in [3.8, 4) is 0 Å². The number of aromatic nitrogens is 2. The Morgan fingerprint density at radius 2 is 2.15 bits per heavy atom. The quantitative estimate of drug-likeness (QED) is 0.899. The molecule has 2 heterocycles. The zero-order valence-electron chi connectivity index (χ0n) is 12.4. The Kier molecular flexibility index (Phi) is 6.02. The van der Waals surface area contributed by atoms with Gasteiger partial charge in [-0.2, -0.15) is 5.10 Å². The van der Waals surface area contributed by atoms with Crippen molar-refractivity contribution in [3.63, 3.8) is 0 Å². The second kappa shape index (κ2) is 7.09. The van der Waals surface area contributed by atoms with Crippen LogP contribution in [0.5, 0.6) is 0 Å². The topological polar surface area (TPSA) is 75.0 Å². The number of aromatic amines is 1. The van der Waals surface area contributed by atoms with E-state index in [-0.39, 0.29) is 30.4 Å². The minimum Gasteiger partial charge on any atom is -0.333 e. The van der Waals surface area contributed by atoms with E-state index in [2.05, 4.69) is 24.0 Å². The Bertz CT molecular complexity index is 444. The van der Waals surface area contributed by atoms with Crippen molar-refractivity contribution in [2.75, 3.05) is 6.54 Å². The predicted molar refractivity (Wildman–Crippen MR) is 82.2 cm³/mol. The van der Waals surface area contributed by atoms with Gasteiger partial charge < -0.3 is 10.6 Å². The van der Waals surface area contributed by atoms with Crippen LogP contribution in [0.4, 0.5) is 0 Å². The smallest absolute Gasteiger partial charge is 0.274 e. The first kappa shape index (κ1) is 17.0. The molecule has 20 heavy (non-hydrogen) atoms. The number of nitrogens with one attached hydrogen (secondary N) is 1. The van der Waals surface area contributed by atoms with Crippen LogP contribution in [0.3, 0.4) is 0 Å². The zero-order chi connectivity index (χ0) is 14.0. The number of halogens is 1. The fraction of sp³-hybridized carbons (Fsp3) is 0.714. The molecule has 2 unspecified atom stereocenters. The lowest BCUT2D eigenvalue weighted by Gasteiger charge is -2.37. The van der Waals surface area contributed by atoms with Crippen LogP contribution in [0.1, 0.15) is 62.1 Å². The lowest BCUT2D eigenvalue weighted by atomic mass is 9.96. The summed E-state index contributed by atoms with van der Waals surface area (Å²) in [4.78, 5) is 14.4. The maximum Gasteiger partial charge on any atom is 0.274 e. The van der Waals surface area contributed by atoms with Gasteiger partial charge in [0.05, 0.1) is 0 Å². The lowest BCUT2D eigenvalue weighted by molar-refractivity contribution is 0.0577. The van der Waals surface area contributed by atoms with Gasteiger partial charge in [-0.1, -0.05) is 13.8 Å². The highest BCUT2D eigenvalue weighted by atomic mass is 35.5. The molecule has 1 aliphatic rings. The molecule has 1 fully saturated rings. The number of hydrogen-bond donors (Lipinski definition) is 2. The van der Waals surface area contributed by atoms with Crippen LogP contribution in [0.2, 0.25) is 0 Å². The number of carbonyl (C=O) groups is 1. The van der Waals surface area contributed by atoms with E-state index < -0.39 is 0 Å². The third-order valence-electron chi connectivity index (χ3n) is 3.86. The van der Waals surface area contributed by atoms with Gasteiger partial charge in [-0.3, -0.25) is 9.89 Å². The number of rotatable bonds is 3. The van der Waals surface area contributed by atoms with E-state index in [0.29, 0.717) is 11.6 Å². The summed E-state index contributed by atoms with van der Waals surface area (Å²) in [6, 6.07) is 2.01. The largest absolute Gasteiger partial charge is 0.333 e. The molecule has 0 spiro atoms. The Morgan fingerprint density at radius 3 is 2.70 bits per heavy atom. The van der Waals surface area contributed by atoms with Crippen molar-refractivity contribution >= 4 is 18.3 Å². The highest BCUT2D eigenvalue weighted by Crippen LogP contribution is 2.22.